The Hall–Kier alpha value is -1.02. The molecule has 0 aliphatic heterocycles. The summed E-state index contributed by atoms with van der Waals surface area (Å²) in [5, 5.41) is 0. The lowest BCUT2D eigenvalue weighted by Crippen LogP contribution is -1.93. The van der Waals surface area contributed by atoms with Crippen LogP contribution < -0.4 is 4.74 Å². The number of rotatable bonds is 9. The molecule has 0 saturated heterocycles. The van der Waals surface area contributed by atoms with Crippen LogP contribution in [0.15, 0.2) is 24.3 Å². The number of aryl methyl sites for hydroxylation is 1. The number of hydrogen-bond donors (Lipinski definition) is 0. The van der Waals surface area contributed by atoms with Crippen molar-refractivity contribution in [2.75, 3.05) is 20.3 Å². The summed E-state index contributed by atoms with van der Waals surface area (Å²) in [6.07, 6.45) is 6.07. The lowest BCUT2D eigenvalue weighted by atomic mass is 10.1. The Labute approximate surface area is 105 Å². The summed E-state index contributed by atoms with van der Waals surface area (Å²) in [6, 6.07) is 8.34. The molecule has 0 aliphatic carbocycles. The maximum absolute atomic E-state index is 5.20. The van der Waals surface area contributed by atoms with E-state index < -0.39 is 0 Å². The molecule has 95 valence electrons. The van der Waals surface area contributed by atoms with Crippen molar-refractivity contribution in [3.8, 4) is 5.75 Å². The molecule has 1 aromatic carbocycles. The molecule has 0 spiro atoms. The van der Waals surface area contributed by atoms with Gasteiger partial charge in [0, 0.05) is 13.2 Å². The van der Waals surface area contributed by atoms with Crippen molar-refractivity contribution in [1.29, 1.82) is 0 Å². The van der Waals surface area contributed by atoms with E-state index in [4.69, 9.17) is 9.47 Å². The van der Waals surface area contributed by atoms with Gasteiger partial charge in [-0.15, -0.1) is 0 Å². The monoisotopic (exact) mass is 235 g/mol. The van der Waals surface area contributed by atoms with Crippen molar-refractivity contribution in [3.05, 3.63) is 36.8 Å². The zero-order chi connectivity index (χ0) is 12.3. The topological polar surface area (TPSA) is 18.5 Å². The van der Waals surface area contributed by atoms with Crippen LogP contribution in [-0.4, -0.2) is 20.3 Å². The molecule has 17 heavy (non-hydrogen) atoms. The van der Waals surface area contributed by atoms with Gasteiger partial charge in [-0.2, -0.15) is 0 Å². The Kier molecular flexibility index (Phi) is 7.48. The second-order valence-corrected chi connectivity index (χ2v) is 4.12. The van der Waals surface area contributed by atoms with Crippen molar-refractivity contribution in [2.45, 2.75) is 32.1 Å². The van der Waals surface area contributed by atoms with Crippen LogP contribution in [0.2, 0.25) is 0 Å². The van der Waals surface area contributed by atoms with E-state index in [1.165, 1.54) is 24.8 Å². The minimum absolute atomic E-state index is 0.589. The molecule has 0 fully saturated rings. The summed E-state index contributed by atoms with van der Waals surface area (Å²) in [7, 11) is 1.70. The Morgan fingerprint density at radius 2 is 1.71 bits per heavy atom. The Morgan fingerprint density at radius 3 is 2.35 bits per heavy atom. The lowest BCUT2D eigenvalue weighted by Gasteiger charge is -2.04. The van der Waals surface area contributed by atoms with Crippen LogP contribution >= 0.6 is 0 Å². The number of ether oxygens (including phenoxy) is 2. The van der Waals surface area contributed by atoms with Gasteiger partial charge in [-0.1, -0.05) is 25.0 Å². The summed E-state index contributed by atoms with van der Waals surface area (Å²) < 4.78 is 10.3. The molecule has 1 radical (unpaired) electrons. The average molecular weight is 235 g/mol. The molecule has 0 saturated carbocycles. The van der Waals surface area contributed by atoms with Crippen LogP contribution in [-0.2, 0) is 11.2 Å². The second-order valence-electron chi connectivity index (χ2n) is 4.12. The number of benzene rings is 1. The van der Waals surface area contributed by atoms with E-state index in [-0.39, 0.29) is 0 Å². The molecule has 2 nitrogen and oxygen atoms in total. The minimum atomic E-state index is 0.589. The van der Waals surface area contributed by atoms with Crippen molar-refractivity contribution >= 4 is 0 Å². The molecule has 0 unspecified atom stereocenters. The molecule has 0 bridgehead atoms. The molecule has 0 aromatic heterocycles. The van der Waals surface area contributed by atoms with Gasteiger partial charge in [-0.3, -0.25) is 0 Å². The molecule has 1 rings (SSSR count). The standard InChI is InChI=1S/C15H23O2/c1-3-17-13-7-5-4-6-8-14-9-11-15(16-2)12-10-14/h9-12H,1,3-8,13H2,2H3. The number of hydrogen-bond acceptors (Lipinski definition) is 2. The molecular formula is C15H23O2. The molecule has 0 aliphatic rings. The first kappa shape index (κ1) is 14.0. The highest BCUT2D eigenvalue weighted by atomic mass is 16.5. The predicted molar refractivity (Wildman–Crippen MR) is 71.3 cm³/mol. The van der Waals surface area contributed by atoms with Gasteiger partial charge in [-0.05, 0) is 43.9 Å². The van der Waals surface area contributed by atoms with E-state index in [9.17, 15) is 0 Å². The number of unbranched alkanes of at least 4 members (excludes halogenated alkanes) is 3. The van der Waals surface area contributed by atoms with E-state index in [0.29, 0.717) is 6.61 Å². The summed E-state index contributed by atoms with van der Waals surface area (Å²) in [6.45, 7) is 5.08. The van der Waals surface area contributed by atoms with Crippen LogP contribution in [0.25, 0.3) is 0 Å². The van der Waals surface area contributed by atoms with E-state index in [1.807, 2.05) is 12.1 Å². The Balaban J connectivity index is 2.05. The SMILES string of the molecule is [CH2]COCCCCCCc1ccc(OC)cc1. The third-order valence-corrected chi connectivity index (χ3v) is 2.81. The van der Waals surface area contributed by atoms with Gasteiger partial charge in [0.2, 0.25) is 0 Å². The Morgan fingerprint density at radius 1 is 1.00 bits per heavy atom. The maximum Gasteiger partial charge on any atom is 0.118 e. The third-order valence-electron chi connectivity index (χ3n) is 2.81. The van der Waals surface area contributed by atoms with E-state index >= 15 is 0 Å². The summed E-state index contributed by atoms with van der Waals surface area (Å²) in [5.41, 5.74) is 1.39. The number of methoxy groups -OCH3 is 1. The summed E-state index contributed by atoms with van der Waals surface area (Å²) >= 11 is 0. The van der Waals surface area contributed by atoms with Crippen LogP contribution in [0.5, 0.6) is 5.75 Å². The van der Waals surface area contributed by atoms with E-state index in [2.05, 4.69) is 19.1 Å². The molecule has 1 aromatic rings. The highest BCUT2D eigenvalue weighted by Gasteiger charge is 1.95. The van der Waals surface area contributed by atoms with Crippen LogP contribution in [0.3, 0.4) is 0 Å². The first-order chi connectivity index (χ1) is 8.36. The van der Waals surface area contributed by atoms with Gasteiger partial charge in [0.15, 0.2) is 0 Å². The molecule has 0 amide bonds. The summed E-state index contributed by atoms with van der Waals surface area (Å²) in [4.78, 5) is 0. The highest BCUT2D eigenvalue weighted by molar-refractivity contribution is 5.27. The van der Waals surface area contributed by atoms with Gasteiger partial charge in [0.1, 0.15) is 5.75 Å². The minimum Gasteiger partial charge on any atom is -0.497 e. The largest absolute Gasteiger partial charge is 0.497 e. The van der Waals surface area contributed by atoms with Gasteiger partial charge in [0.05, 0.1) is 7.11 Å². The maximum atomic E-state index is 5.20. The Bertz CT molecular complexity index is 279. The molecule has 0 N–H and O–H groups in total. The van der Waals surface area contributed by atoms with Gasteiger partial charge >= 0.3 is 0 Å². The third kappa shape index (κ3) is 6.32. The molecule has 2 heteroatoms. The normalized spacial score (nSPS) is 10.5. The first-order valence-corrected chi connectivity index (χ1v) is 6.36. The van der Waals surface area contributed by atoms with Crippen LogP contribution in [0, 0.1) is 6.92 Å². The zero-order valence-electron chi connectivity index (χ0n) is 10.8. The summed E-state index contributed by atoms with van der Waals surface area (Å²) in [5.74, 6) is 0.930. The quantitative estimate of drug-likeness (QED) is 0.608. The van der Waals surface area contributed by atoms with Crippen molar-refractivity contribution in [3.63, 3.8) is 0 Å². The van der Waals surface area contributed by atoms with Crippen LogP contribution in [0.4, 0.5) is 0 Å². The highest BCUT2D eigenvalue weighted by Crippen LogP contribution is 2.13. The first-order valence-electron chi connectivity index (χ1n) is 6.36. The lowest BCUT2D eigenvalue weighted by molar-refractivity contribution is 0.156. The molecule has 0 atom stereocenters. The molecule has 0 heterocycles. The van der Waals surface area contributed by atoms with Gasteiger partial charge < -0.3 is 9.47 Å². The van der Waals surface area contributed by atoms with Crippen molar-refractivity contribution in [2.24, 2.45) is 0 Å². The van der Waals surface area contributed by atoms with Crippen molar-refractivity contribution < 1.29 is 9.47 Å². The zero-order valence-corrected chi connectivity index (χ0v) is 10.8. The van der Waals surface area contributed by atoms with Gasteiger partial charge in [-0.25, -0.2) is 0 Å². The fourth-order valence-corrected chi connectivity index (χ4v) is 1.78. The second kappa shape index (κ2) is 9.06. The van der Waals surface area contributed by atoms with Crippen molar-refractivity contribution in [1.82, 2.24) is 0 Å². The van der Waals surface area contributed by atoms with Crippen LogP contribution in [0.1, 0.15) is 31.2 Å². The smallest absolute Gasteiger partial charge is 0.118 e. The average Bonchev–Trinajstić information content (AvgIpc) is 2.38. The van der Waals surface area contributed by atoms with Gasteiger partial charge in [0.25, 0.3) is 0 Å². The molecular weight excluding hydrogens is 212 g/mol. The predicted octanol–water partition coefficient (Wildman–Crippen LogP) is 3.65. The van der Waals surface area contributed by atoms with E-state index in [1.54, 1.807) is 7.11 Å². The fourth-order valence-electron chi connectivity index (χ4n) is 1.78. The van der Waals surface area contributed by atoms with E-state index in [0.717, 1.165) is 25.2 Å². The fraction of sp³-hybridized carbons (Fsp3) is 0.533.